The van der Waals surface area contributed by atoms with E-state index in [0.29, 0.717) is 84.8 Å². The second-order valence-corrected chi connectivity index (χ2v) is 18.8. The van der Waals surface area contributed by atoms with Crippen LogP contribution < -0.4 is 20.4 Å². The van der Waals surface area contributed by atoms with Gasteiger partial charge in [-0.2, -0.15) is 5.10 Å². The highest BCUT2D eigenvalue weighted by molar-refractivity contribution is 14.1. The van der Waals surface area contributed by atoms with E-state index in [1.54, 1.807) is 24.8 Å². The molecule has 0 unspecified atom stereocenters. The molecule has 0 aliphatic carbocycles. The molecule has 0 spiro atoms. The number of pyridine rings is 6. The van der Waals surface area contributed by atoms with Gasteiger partial charge in [-0.05, 0) is 78.4 Å². The molecule has 0 radical (unpaired) electrons. The number of hydrogen-bond acceptors (Lipinski definition) is 13. The van der Waals surface area contributed by atoms with Crippen molar-refractivity contribution in [3.63, 3.8) is 0 Å². The number of rotatable bonds is 9. The average molecular weight is 1110 g/mol. The van der Waals surface area contributed by atoms with Gasteiger partial charge in [-0.1, -0.05) is 18.2 Å². The number of fused-ring (bicyclic) bond motifs is 3. The quantitative estimate of drug-likeness (QED) is 0.0928. The Bertz CT molecular complexity index is 3710. The van der Waals surface area contributed by atoms with Gasteiger partial charge >= 0.3 is 0 Å². The first kappa shape index (κ1) is 48.4. The zero-order chi connectivity index (χ0) is 50.9. The molecule has 14 nitrogen and oxygen atoms in total. The van der Waals surface area contributed by atoms with E-state index in [1.165, 1.54) is 12.1 Å². The number of nitrogens with one attached hydrogen (secondary N) is 3. The normalized spacial score (nSPS) is 13.8. The van der Waals surface area contributed by atoms with Crippen LogP contribution in [0, 0.1) is 40.7 Å². The molecule has 3 N–H and O–H groups in total. The van der Waals surface area contributed by atoms with Gasteiger partial charge in [0.05, 0.1) is 109 Å². The Kier molecular flexibility index (Phi) is 13.7. The molecule has 3 aromatic carbocycles. The topological polar surface area (TPSA) is 155 Å². The lowest BCUT2D eigenvalue weighted by molar-refractivity contribution is 0.122. The summed E-state index contributed by atoms with van der Waals surface area (Å²) in [7, 11) is 0. The minimum Gasteiger partial charge on any atom is -0.378 e. The van der Waals surface area contributed by atoms with Crippen LogP contribution >= 0.6 is 22.6 Å². The Morgan fingerprint density at radius 1 is 0.581 bits per heavy atom. The van der Waals surface area contributed by atoms with Gasteiger partial charge in [0.1, 0.15) is 34.9 Å². The number of anilines is 6. The second-order valence-electron chi connectivity index (χ2n) is 17.6. The van der Waals surface area contributed by atoms with E-state index in [9.17, 15) is 8.78 Å². The summed E-state index contributed by atoms with van der Waals surface area (Å²) in [4.78, 5) is 31.7. The summed E-state index contributed by atoms with van der Waals surface area (Å²) in [6, 6.07) is 25.1. The molecule has 2 aliphatic heterocycles. The van der Waals surface area contributed by atoms with Gasteiger partial charge in [0.2, 0.25) is 0 Å². The number of aromatic nitrogens is 8. The van der Waals surface area contributed by atoms with Crippen molar-refractivity contribution in [2.75, 3.05) is 73.0 Å². The van der Waals surface area contributed by atoms with Crippen molar-refractivity contribution in [3.05, 3.63) is 160 Å². The van der Waals surface area contributed by atoms with Crippen LogP contribution in [0.2, 0.25) is 0 Å². The lowest BCUT2D eigenvalue weighted by atomic mass is 10.0. The van der Waals surface area contributed by atoms with Crippen LogP contribution in [0.5, 0.6) is 0 Å². The first-order valence-electron chi connectivity index (χ1n) is 23.8. The molecule has 0 atom stereocenters. The van der Waals surface area contributed by atoms with Crippen LogP contribution in [0.15, 0.2) is 122 Å². The molecular formula is C55H45F4IN12O2. The molecule has 372 valence electrons. The minimum atomic E-state index is -0.700. The third-order valence-corrected chi connectivity index (χ3v) is 13.8. The van der Waals surface area contributed by atoms with Crippen LogP contribution in [-0.4, -0.2) is 92.7 Å². The Hall–Kier alpha value is -7.88. The van der Waals surface area contributed by atoms with Gasteiger partial charge in [-0.3, -0.25) is 15.1 Å². The van der Waals surface area contributed by atoms with Crippen LogP contribution in [-0.2, 0) is 9.47 Å². The molecule has 0 bridgehead atoms. The molecule has 2 fully saturated rings. The van der Waals surface area contributed by atoms with Gasteiger partial charge < -0.3 is 29.9 Å². The highest BCUT2D eigenvalue weighted by Crippen LogP contribution is 2.41. The van der Waals surface area contributed by atoms with Crippen molar-refractivity contribution in [2.24, 2.45) is 0 Å². The number of H-pyrrole nitrogens is 1. The van der Waals surface area contributed by atoms with E-state index in [2.05, 4.69) is 78.1 Å². The van der Waals surface area contributed by atoms with E-state index in [-0.39, 0.29) is 21.8 Å². The monoisotopic (exact) mass is 1110 g/mol. The van der Waals surface area contributed by atoms with Gasteiger partial charge in [0, 0.05) is 109 Å². The van der Waals surface area contributed by atoms with Gasteiger partial charge in [-0.15, -0.1) is 0 Å². The fourth-order valence-electron chi connectivity index (χ4n) is 9.24. The molecule has 7 aromatic heterocycles. The van der Waals surface area contributed by atoms with E-state index in [4.69, 9.17) is 14.5 Å². The maximum atomic E-state index is 15.5. The maximum Gasteiger partial charge on any atom is 0.137 e. The standard InChI is InChI=1S/C31H25F2N7O.C24H20F2IN5O/c1-18-30(25-4-2-3-7-34-25)38-27-14-21(32)13-23(33)29(27)31(18)37-26-15-28(40-8-10-41-11-9-40)35-17-22(26)19-5-6-24-20(12-19)16-36-39-24;1-14-23(18-4-2-3-5-28-18)31-20-11-15(25)10-16(26)22(20)24(14)30-19-12-21(29-13-17(19)27)32-6-8-33-9-7-32/h2-7,12-17H,8-11H2,1H3,(H,36,39)(H,35,37,38);2-5,10-13H,6-9H2,1H3,(H,29,30,31). The van der Waals surface area contributed by atoms with Crippen molar-refractivity contribution in [1.82, 2.24) is 40.1 Å². The zero-order valence-electron chi connectivity index (χ0n) is 39.9. The fourth-order valence-corrected chi connectivity index (χ4v) is 9.67. The summed E-state index contributed by atoms with van der Waals surface area (Å²) < 4.78 is 70.8. The Labute approximate surface area is 435 Å². The maximum absolute atomic E-state index is 15.5. The number of nitrogens with zero attached hydrogens (tertiary/aromatic N) is 9. The van der Waals surface area contributed by atoms with Crippen molar-refractivity contribution >= 4 is 89.7 Å². The van der Waals surface area contributed by atoms with Crippen molar-refractivity contribution in [3.8, 4) is 33.9 Å². The summed E-state index contributed by atoms with van der Waals surface area (Å²) in [5.74, 6) is -1.16. The smallest absolute Gasteiger partial charge is 0.137 e. The molecule has 74 heavy (non-hydrogen) atoms. The SMILES string of the molecule is Cc1c(-c2ccccn2)nc2cc(F)cc(F)c2c1Nc1cc(N2CCOCC2)ncc1-c1ccc2[nH]ncc2c1.Cc1c(-c2ccccn2)nc2cc(F)cc(F)c2c1Nc1cc(N2CCOCC2)ncc1I. The predicted molar refractivity (Wildman–Crippen MR) is 288 cm³/mol. The number of morpholine rings is 2. The molecule has 19 heteroatoms. The number of halogens is 5. The highest BCUT2D eigenvalue weighted by Gasteiger charge is 2.24. The number of benzene rings is 3. The number of aromatic amines is 1. The predicted octanol–water partition coefficient (Wildman–Crippen LogP) is 11.9. The number of ether oxygens (including phenoxy) is 2. The zero-order valence-corrected chi connectivity index (χ0v) is 42.1. The first-order valence-corrected chi connectivity index (χ1v) is 24.8. The summed E-state index contributed by atoms with van der Waals surface area (Å²) in [6.45, 7) is 9.17. The Morgan fingerprint density at radius 2 is 1.11 bits per heavy atom. The van der Waals surface area contributed by atoms with Crippen LogP contribution in [0.1, 0.15) is 11.1 Å². The Morgan fingerprint density at radius 3 is 1.65 bits per heavy atom. The van der Waals surface area contributed by atoms with Crippen molar-refractivity contribution < 1.29 is 27.0 Å². The molecule has 0 amide bonds. The van der Waals surface area contributed by atoms with E-state index in [1.807, 2.05) is 86.8 Å². The fraction of sp³-hybridized carbons (Fsp3) is 0.182. The van der Waals surface area contributed by atoms with Gasteiger partial charge in [0.25, 0.3) is 0 Å². The molecule has 2 aliphatic rings. The Balaban J connectivity index is 0.000000163. The third kappa shape index (κ3) is 9.84. The van der Waals surface area contributed by atoms with Gasteiger partial charge in [0.15, 0.2) is 0 Å². The molecular weight excluding hydrogens is 1060 g/mol. The second kappa shape index (κ2) is 20.9. The summed E-state index contributed by atoms with van der Waals surface area (Å²) in [6.07, 6.45) is 8.71. The lowest BCUT2D eigenvalue weighted by Gasteiger charge is -2.28. The molecule has 9 heterocycles. The number of hydrogen-bond donors (Lipinski definition) is 3. The average Bonchev–Trinajstić information content (AvgIpc) is 3.90. The van der Waals surface area contributed by atoms with E-state index >= 15 is 8.78 Å². The van der Waals surface area contributed by atoms with Crippen LogP contribution in [0.25, 0.3) is 66.6 Å². The van der Waals surface area contributed by atoms with Crippen LogP contribution in [0.4, 0.5) is 51.9 Å². The minimum absolute atomic E-state index is 0.195. The molecule has 2 saturated heterocycles. The van der Waals surface area contributed by atoms with Crippen LogP contribution in [0.3, 0.4) is 0 Å². The summed E-state index contributed by atoms with van der Waals surface area (Å²) >= 11 is 2.19. The van der Waals surface area contributed by atoms with Crippen molar-refractivity contribution in [2.45, 2.75) is 13.8 Å². The van der Waals surface area contributed by atoms with Gasteiger partial charge in [-0.25, -0.2) is 37.5 Å². The van der Waals surface area contributed by atoms with E-state index < -0.39 is 23.3 Å². The largest absolute Gasteiger partial charge is 0.378 e. The molecule has 10 aromatic rings. The summed E-state index contributed by atoms with van der Waals surface area (Å²) in [5, 5.41) is 15.4. The van der Waals surface area contributed by atoms with E-state index in [0.717, 1.165) is 73.8 Å². The molecule has 12 rings (SSSR count). The highest BCUT2D eigenvalue weighted by atomic mass is 127. The first-order chi connectivity index (χ1) is 36.1. The van der Waals surface area contributed by atoms with Crippen molar-refractivity contribution in [1.29, 1.82) is 0 Å². The molecule has 0 saturated carbocycles. The third-order valence-electron chi connectivity index (χ3n) is 13.0. The summed E-state index contributed by atoms with van der Waals surface area (Å²) in [5.41, 5.74) is 9.29. The lowest BCUT2D eigenvalue weighted by Crippen LogP contribution is -2.36.